The Morgan fingerprint density at radius 3 is 3.00 bits per heavy atom. The Morgan fingerprint density at radius 1 is 1.57 bits per heavy atom. The first-order valence-electron chi connectivity index (χ1n) is 6.31. The van der Waals surface area contributed by atoms with Crippen molar-refractivity contribution in [1.29, 1.82) is 0 Å². The zero-order chi connectivity index (χ0) is 15.4. The van der Waals surface area contributed by atoms with E-state index >= 15 is 0 Å². The average molecular weight is 329 g/mol. The van der Waals surface area contributed by atoms with Crippen molar-refractivity contribution in [2.24, 2.45) is 0 Å². The minimum atomic E-state index is -0.448. The standard InChI is InChI=1S/C13H14ClFN4OS/c1-3-19-7-16-18-13(19)21-8(2)12(20)17-11-5-4-9(15)6-10(11)14/h4-8H,3H2,1-2H3,(H,17,20)/t8-/m1/s1. The molecule has 0 unspecified atom stereocenters. The maximum Gasteiger partial charge on any atom is 0.237 e. The van der Waals surface area contributed by atoms with Gasteiger partial charge >= 0.3 is 0 Å². The van der Waals surface area contributed by atoms with Crippen molar-refractivity contribution in [3.05, 3.63) is 35.4 Å². The molecule has 5 nitrogen and oxygen atoms in total. The number of carbonyl (C=O) groups is 1. The van der Waals surface area contributed by atoms with Gasteiger partial charge in [0.2, 0.25) is 5.91 Å². The summed E-state index contributed by atoms with van der Waals surface area (Å²) in [5.41, 5.74) is 0.382. The van der Waals surface area contributed by atoms with Crippen molar-refractivity contribution in [3.63, 3.8) is 0 Å². The highest BCUT2D eigenvalue weighted by atomic mass is 35.5. The maximum absolute atomic E-state index is 13.0. The summed E-state index contributed by atoms with van der Waals surface area (Å²) in [4.78, 5) is 12.1. The highest BCUT2D eigenvalue weighted by molar-refractivity contribution is 8.00. The molecule has 1 amide bonds. The van der Waals surface area contributed by atoms with Crippen LogP contribution in [-0.4, -0.2) is 25.9 Å². The quantitative estimate of drug-likeness (QED) is 0.856. The lowest BCUT2D eigenvalue weighted by atomic mass is 10.3. The van der Waals surface area contributed by atoms with Crippen LogP contribution in [0.4, 0.5) is 10.1 Å². The van der Waals surface area contributed by atoms with E-state index in [2.05, 4.69) is 15.5 Å². The lowest BCUT2D eigenvalue weighted by molar-refractivity contribution is -0.115. The first kappa shape index (κ1) is 15.8. The van der Waals surface area contributed by atoms with Gasteiger partial charge in [-0.05, 0) is 32.0 Å². The van der Waals surface area contributed by atoms with Crippen LogP contribution in [0.2, 0.25) is 5.02 Å². The zero-order valence-electron chi connectivity index (χ0n) is 11.5. The molecule has 1 aromatic heterocycles. The minimum absolute atomic E-state index is 0.164. The first-order chi connectivity index (χ1) is 10.0. The fourth-order valence-corrected chi connectivity index (χ4v) is 2.69. The third kappa shape index (κ3) is 3.95. The normalized spacial score (nSPS) is 12.2. The van der Waals surface area contributed by atoms with Gasteiger partial charge in [-0.25, -0.2) is 4.39 Å². The number of carbonyl (C=O) groups excluding carboxylic acids is 1. The van der Waals surface area contributed by atoms with Gasteiger partial charge in [-0.2, -0.15) is 0 Å². The molecule has 0 radical (unpaired) electrons. The Kier molecular flexibility index (Phi) is 5.19. The Bertz CT molecular complexity index is 649. The van der Waals surface area contributed by atoms with E-state index in [4.69, 9.17) is 11.6 Å². The van der Waals surface area contributed by atoms with Crippen molar-refractivity contribution in [2.45, 2.75) is 30.8 Å². The number of rotatable bonds is 5. The Hall–Kier alpha value is -1.60. The van der Waals surface area contributed by atoms with Crippen LogP contribution >= 0.6 is 23.4 Å². The lowest BCUT2D eigenvalue weighted by Gasteiger charge is -2.12. The molecule has 2 aromatic rings. The second kappa shape index (κ2) is 6.91. The van der Waals surface area contributed by atoms with E-state index in [1.54, 1.807) is 13.3 Å². The van der Waals surface area contributed by atoms with Crippen LogP contribution in [0, 0.1) is 5.82 Å². The molecule has 0 spiro atoms. The molecule has 21 heavy (non-hydrogen) atoms. The molecule has 0 aliphatic rings. The van der Waals surface area contributed by atoms with Gasteiger partial charge < -0.3 is 9.88 Å². The number of nitrogens with zero attached hydrogens (tertiary/aromatic N) is 3. The van der Waals surface area contributed by atoms with Gasteiger partial charge in [0.1, 0.15) is 12.1 Å². The van der Waals surface area contributed by atoms with E-state index in [-0.39, 0.29) is 16.2 Å². The maximum atomic E-state index is 13.0. The van der Waals surface area contributed by atoms with E-state index in [9.17, 15) is 9.18 Å². The van der Waals surface area contributed by atoms with Crippen LogP contribution in [0.1, 0.15) is 13.8 Å². The van der Waals surface area contributed by atoms with E-state index in [1.807, 2.05) is 11.5 Å². The Balaban J connectivity index is 2.02. The summed E-state index contributed by atoms with van der Waals surface area (Å²) in [6.45, 7) is 4.45. The molecule has 1 atom stereocenters. The van der Waals surface area contributed by atoms with Crippen molar-refractivity contribution >= 4 is 35.0 Å². The van der Waals surface area contributed by atoms with Crippen LogP contribution < -0.4 is 5.32 Å². The number of aromatic nitrogens is 3. The highest BCUT2D eigenvalue weighted by Gasteiger charge is 2.18. The minimum Gasteiger partial charge on any atom is -0.324 e. The SMILES string of the molecule is CCn1cnnc1S[C@H](C)C(=O)Nc1ccc(F)cc1Cl. The molecule has 0 saturated heterocycles. The predicted molar refractivity (Wildman–Crippen MR) is 81.1 cm³/mol. The number of thioether (sulfide) groups is 1. The number of aryl methyl sites for hydroxylation is 1. The molecule has 112 valence electrons. The molecule has 1 aromatic carbocycles. The topological polar surface area (TPSA) is 59.8 Å². The van der Waals surface area contributed by atoms with E-state index in [1.165, 1.54) is 23.9 Å². The lowest BCUT2D eigenvalue weighted by Crippen LogP contribution is -2.23. The fraction of sp³-hybridized carbons (Fsp3) is 0.308. The van der Waals surface area contributed by atoms with Crippen molar-refractivity contribution < 1.29 is 9.18 Å². The number of hydrogen-bond acceptors (Lipinski definition) is 4. The van der Waals surface area contributed by atoms with Gasteiger partial charge in [-0.3, -0.25) is 4.79 Å². The Labute approximate surface area is 130 Å². The van der Waals surface area contributed by atoms with Crippen LogP contribution in [0.3, 0.4) is 0 Å². The second-order valence-electron chi connectivity index (χ2n) is 4.27. The number of benzene rings is 1. The summed E-state index contributed by atoms with van der Waals surface area (Å²) < 4.78 is 14.8. The molecule has 0 bridgehead atoms. The zero-order valence-corrected chi connectivity index (χ0v) is 13.1. The largest absolute Gasteiger partial charge is 0.324 e. The molecule has 1 heterocycles. The third-order valence-corrected chi connectivity index (χ3v) is 4.17. The van der Waals surface area contributed by atoms with Crippen molar-refractivity contribution in [2.75, 3.05) is 5.32 Å². The van der Waals surface area contributed by atoms with Crippen molar-refractivity contribution in [3.8, 4) is 0 Å². The predicted octanol–water partition coefficient (Wildman–Crippen LogP) is 3.21. The number of halogens is 2. The average Bonchev–Trinajstić information content (AvgIpc) is 2.89. The fourth-order valence-electron chi connectivity index (χ4n) is 1.59. The van der Waals surface area contributed by atoms with Gasteiger partial charge in [-0.1, -0.05) is 23.4 Å². The van der Waals surface area contributed by atoms with Gasteiger partial charge in [0.05, 0.1) is 16.0 Å². The number of hydrogen-bond donors (Lipinski definition) is 1. The number of anilines is 1. The summed E-state index contributed by atoms with van der Waals surface area (Å²) in [6.07, 6.45) is 1.61. The summed E-state index contributed by atoms with van der Waals surface area (Å²) in [5, 5.41) is 10.9. The molecule has 0 aliphatic carbocycles. The Morgan fingerprint density at radius 2 is 2.33 bits per heavy atom. The summed E-state index contributed by atoms with van der Waals surface area (Å²) in [7, 11) is 0. The van der Waals surface area contributed by atoms with Gasteiger partial charge in [0.15, 0.2) is 5.16 Å². The van der Waals surface area contributed by atoms with Gasteiger partial charge in [0.25, 0.3) is 0 Å². The smallest absolute Gasteiger partial charge is 0.237 e. The molecule has 1 N–H and O–H groups in total. The van der Waals surface area contributed by atoms with Crippen LogP contribution in [0.15, 0.2) is 29.7 Å². The van der Waals surface area contributed by atoms with E-state index in [0.29, 0.717) is 10.8 Å². The second-order valence-corrected chi connectivity index (χ2v) is 5.99. The molecule has 2 rings (SSSR count). The summed E-state index contributed by atoms with van der Waals surface area (Å²) in [5.74, 6) is -0.685. The summed E-state index contributed by atoms with van der Waals surface area (Å²) in [6, 6.07) is 3.83. The first-order valence-corrected chi connectivity index (χ1v) is 7.57. The molecule has 0 saturated carbocycles. The van der Waals surface area contributed by atoms with E-state index < -0.39 is 5.82 Å². The number of nitrogens with one attached hydrogen (secondary N) is 1. The third-order valence-electron chi connectivity index (χ3n) is 2.76. The molecule has 0 aliphatic heterocycles. The van der Waals surface area contributed by atoms with E-state index in [0.717, 1.165) is 12.6 Å². The number of amides is 1. The molecule has 8 heteroatoms. The van der Waals surface area contributed by atoms with Crippen LogP contribution in [0.25, 0.3) is 0 Å². The van der Waals surface area contributed by atoms with Crippen LogP contribution in [-0.2, 0) is 11.3 Å². The molecular weight excluding hydrogens is 315 g/mol. The highest BCUT2D eigenvalue weighted by Crippen LogP contribution is 2.25. The van der Waals surface area contributed by atoms with Gasteiger partial charge in [0, 0.05) is 6.54 Å². The van der Waals surface area contributed by atoms with Gasteiger partial charge in [-0.15, -0.1) is 10.2 Å². The van der Waals surface area contributed by atoms with Crippen LogP contribution in [0.5, 0.6) is 0 Å². The summed E-state index contributed by atoms with van der Waals surface area (Å²) >= 11 is 7.18. The molecular formula is C13H14ClFN4OS. The van der Waals surface area contributed by atoms with Crippen molar-refractivity contribution in [1.82, 2.24) is 14.8 Å². The monoisotopic (exact) mass is 328 g/mol. The molecule has 0 fully saturated rings.